The van der Waals surface area contributed by atoms with Gasteiger partial charge in [0.05, 0.1) is 5.52 Å². The fourth-order valence-corrected chi connectivity index (χ4v) is 3.41. The van der Waals surface area contributed by atoms with E-state index >= 15 is 0 Å². The third-order valence-electron chi connectivity index (χ3n) is 4.61. The Labute approximate surface area is 142 Å². The molecule has 2 heterocycles. The molecule has 1 amide bonds. The largest absolute Gasteiger partial charge is 0.371 e. The van der Waals surface area contributed by atoms with Crippen molar-refractivity contribution in [2.75, 3.05) is 24.5 Å². The molecule has 0 bridgehead atoms. The van der Waals surface area contributed by atoms with Gasteiger partial charge in [0.2, 0.25) is 5.91 Å². The van der Waals surface area contributed by atoms with Gasteiger partial charge in [-0.15, -0.1) is 0 Å². The first-order valence-electron chi connectivity index (χ1n) is 8.73. The number of hydrogen-bond donors (Lipinski definition) is 1. The smallest absolute Gasteiger partial charge is 0.219 e. The van der Waals surface area contributed by atoms with Gasteiger partial charge in [-0.25, -0.2) is 4.39 Å². The number of carbonyl (C=O) groups is 1. The summed E-state index contributed by atoms with van der Waals surface area (Å²) >= 11 is 0. The predicted octanol–water partition coefficient (Wildman–Crippen LogP) is 3.51. The Bertz CT molecular complexity index is 719. The molecule has 1 N–H and O–H groups in total. The Morgan fingerprint density at radius 2 is 2.29 bits per heavy atom. The van der Waals surface area contributed by atoms with Crippen LogP contribution in [-0.4, -0.2) is 30.5 Å². The van der Waals surface area contributed by atoms with Gasteiger partial charge in [-0.1, -0.05) is 6.92 Å². The molecule has 1 saturated heterocycles. The summed E-state index contributed by atoms with van der Waals surface area (Å²) in [7, 11) is 0. The van der Waals surface area contributed by atoms with E-state index in [1.807, 2.05) is 13.0 Å². The molecule has 2 aromatic rings. The second-order valence-electron chi connectivity index (χ2n) is 6.50. The number of rotatable bonds is 5. The maximum absolute atomic E-state index is 13.4. The molecule has 0 spiro atoms. The van der Waals surface area contributed by atoms with Gasteiger partial charge in [-0.05, 0) is 43.4 Å². The van der Waals surface area contributed by atoms with Gasteiger partial charge in [0.15, 0.2) is 0 Å². The Kier molecular flexibility index (Phi) is 5.28. The number of anilines is 1. The highest BCUT2D eigenvalue weighted by atomic mass is 19.1. The van der Waals surface area contributed by atoms with Crippen LogP contribution in [-0.2, 0) is 4.79 Å². The molecule has 1 aliphatic heterocycles. The number of nitrogens with one attached hydrogen (secondary N) is 1. The quantitative estimate of drug-likeness (QED) is 0.913. The molecule has 0 unspecified atom stereocenters. The maximum atomic E-state index is 13.4. The monoisotopic (exact) mass is 329 g/mol. The molecular weight excluding hydrogens is 305 g/mol. The minimum atomic E-state index is -0.262. The van der Waals surface area contributed by atoms with Crippen LogP contribution < -0.4 is 10.2 Å². The second-order valence-corrected chi connectivity index (χ2v) is 6.50. The van der Waals surface area contributed by atoms with Crippen LogP contribution >= 0.6 is 0 Å². The van der Waals surface area contributed by atoms with Crippen molar-refractivity contribution in [2.45, 2.75) is 32.6 Å². The van der Waals surface area contributed by atoms with E-state index in [4.69, 9.17) is 0 Å². The van der Waals surface area contributed by atoms with E-state index in [0.29, 0.717) is 17.9 Å². The lowest BCUT2D eigenvalue weighted by Crippen LogP contribution is -2.41. The van der Waals surface area contributed by atoms with Gasteiger partial charge < -0.3 is 10.2 Å². The van der Waals surface area contributed by atoms with Crippen molar-refractivity contribution in [3.05, 3.63) is 36.3 Å². The average Bonchev–Trinajstić information content (AvgIpc) is 2.60. The van der Waals surface area contributed by atoms with Crippen molar-refractivity contribution in [3.8, 4) is 0 Å². The summed E-state index contributed by atoms with van der Waals surface area (Å²) in [6, 6.07) is 6.77. The van der Waals surface area contributed by atoms with Gasteiger partial charge in [0.25, 0.3) is 0 Å². The van der Waals surface area contributed by atoms with Crippen molar-refractivity contribution in [1.82, 2.24) is 10.3 Å². The summed E-state index contributed by atoms with van der Waals surface area (Å²) in [4.78, 5) is 18.3. The van der Waals surface area contributed by atoms with Crippen molar-refractivity contribution >= 4 is 22.5 Å². The fourth-order valence-electron chi connectivity index (χ4n) is 3.41. The van der Waals surface area contributed by atoms with Gasteiger partial charge >= 0.3 is 0 Å². The van der Waals surface area contributed by atoms with Gasteiger partial charge in [-0.3, -0.25) is 9.78 Å². The molecule has 4 nitrogen and oxygen atoms in total. The molecule has 1 atom stereocenters. The van der Waals surface area contributed by atoms with Crippen LogP contribution in [0.5, 0.6) is 0 Å². The van der Waals surface area contributed by atoms with E-state index < -0.39 is 0 Å². The zero-order valence-corrected chi connectivity index (χ0v) is 14.1. The van der Waals surface area contributed by atoms with Crippen LogP contribution in [0.4, 0.5) is 10.1 Å². The van der Waals surface area contributed by atoms with Crippen LogP contribution in [0.1, 0.15) is 32.6 Å². The Morgan fingerprint density at radius 1 is 1.42 bits per heavy atom. The van der Waals surface area contributed by atoms with E-state index in [1.54, 1.807) is 12.3 Å². The lowest BCUT2D eigenvalue weighted by atomic mass is 9.97. The van der Waals surface area contributed by atoms with Crippen molar-refractivity contribution < 1.29 is 9.18 Å². The summed E-state index contributed by atoms with van der Waals surface area (Å²) in [5.74, 6) is 0.324. The minimum absolute atomic E-state index is 0.138. The minimum Gasteiger partial charge on any atom is -0.371 e. The fraction of sp³-hybridized carbons (Fsp3) is 0.474. The molecule has 128 valence electrons. The predicted molar refractivity (Wildman–Crippen MR) is 94.6 cm³/mol. The molecule has 3 rings (SSSR count). The lowest BCUT2D eigenvalue weighted by Gasteiger charge is -2.35. The number of piperidine rings is 1. The SMILES string of the molecule is CCCC(=O)NC[C@H]1CCCN(c2ccnc3cc(F)ccc23)C1. The van der Waals surface area contributed by atoms with E-state index in [2.05, 4.69) is 15.2 Å². The lowest BCUT2D eigenvalue weighted by molar-refractivity contribution is -0.121. The van der Waals surface area contributed by atoms with Gasteiger partial charge in [-0.2, -0.15) is 0 Å². The molecular formula is C19H24FN3O. The van der Waals surface area contributed by atoms with E-state index in [-0.39, 0.29) is 11.7 Å². The number of carbonyl (C=O) groups excluding carboxylic acids is 1. The highest BCUT2D eigenvalue weighted by Gasteiger charge is 2.22. The van der Waals surface area contributed by atoms with E-state index in [0.717, 1.165) is 50.0 Å². The highest BCUT2D eigenvalue weighted by Crippen LogP contribution is 2.29. The number of pyridine rings is 1. The number of aromatic nitrogens is 1. The number of halogens is 1. The van der Waals surface area contributed by atoms with Crippen LogP contribution in [0.25, 0.3) is 10.9 Å². The Morgan fingerprint density at radius 3 is 3.12 bits per heavy atom. The number of nitrogens with zero attached hydrogens (tertiary/aromatic N) is 2. The zero-order chi connectivity index (χ0) is 16.9. The second kappa shape index (κ2) is 7.60. The maximum Gasteiger partial charge on any atom is 0.219 e. The highest BCUT2D eigenvalue weighted by molar-refractivity contribution is 5.91. The van der Waals surface area contributed by atoms with Crippen LogP contribution in [0.2, 0.25) is 0 Å². The molecule has 1 aromatic carbocycles. The molecule has 24 heavy (non-hydrogen) atoms. The van der Waals surface area contributed by atoms with Crippen LogP contribution in [0, 0.1) is 11.7 Å². The van der Waals surface area contributed by atoms with Crippen LogP contribution in [0.3, 0.4) is 0 Å². The van der Waals surface area contributed by atoms with E-state index in [1.165, 1.54) is 12.1 Å². The third kappa shape index (κ3) is 3.83. The first kappa shape index (κ1) is 16.7. The van der Waals surface area contributed by atoms with Crippen LogP contribution in [0.15, 0.2) is 30.5 Å². The summed E-state index contributed by atoms with van der Waals surface area (Å²) in [6.45, 7) is 4.63. The Hall–Kier alpha value is -2.17. The molecule has 0 radical (unpaired) electrons. The van der Waals surface area contributed by atoms with Crippen molar-refractivity contribution in [2.24, 2.45) is 5.92 Å². The molecule has 0 saturated carbocycles. The standard InChI is InChI=1S/C19H24FN3O/c1-2-4-19(24)22-12-14-5-3-10-23(13-14)18-8-9-21-17-11-15(20)6-7-16(17)18/h6-9,11,14H,2-5,10,12-13H2,1H3,(H,22,24)/t14-/m1/s1. The molecule has 1 aromatic heterocycles. The summed E-state index contributed by atoms with van der Waals surface area (Å²) in [5.41, 5.74) is 1.79. The molecule has 0 aliphatic carbocycles. The molecule has 1 aliphatic rings. The first-order chi connectivity index (χ1) is 11.7. The van der Waals surface area contributed by atoms with Crippen molar-refractivity contribution in [3.63, 3.8) is 0 Å². The molecule has 1 fully saturated rings. The van der Waals surface area contributed by atoms with E-state index in [9.17, 15) is 9.18 Å². The van der Waals surface area contributed by atoms with Gasteiger partial charge in [0.1, 0.15) is 5.82 Å². The summed E-state index contributed by atoms with van der Waals surface area (Å²) in [6.07, 6.45) is 5.43. The topological polar surface area (TPSA) is 45.2 Å². The van der Waals surface area contributed by atoms with Crippen molar-refractivity contribution in [1.29, 1.82) is 0 Å². The first-order valence-corrected chi connectivity index (χ1v) is 8.73. The number of hydrogen-bond acceptors (Lipinski definition) is 3. The average molecular weight is 329 g/mol. The van der Waals surface area contributed by atoms with Gasteiger partial charge in [0, 0.05) is 49.4 Å². The summed E-state index contributed by atoms with van der Waals surface area (Å²) in [5, 5.41) is 4.02. The molecule has 5 heteroatoms. The third-order valence-corrected chi connectivity index (χ3v) is 4.61. The normalized spacial score (nSPS) is 17.9. The Balaban J connectivity index is 1.72. The zero-order valence-electron chi connectivity index (χ0n) is 14.1. The number of benzene rings is 1. The number of fused-ring (bicyclic) bond motifs is 1. The number of amides is 1. The summed E-state index contributed by atoms with van der Waals surface area (Å²) < 4.78 is 13.4.